The maximum absolute atomic E-state index is 6.18. The molecular formula is C19H20Cl2N2O2. The zero-order valence-corrected chi connectivity index (χ0v) is 15.6. The SMILES string of the molecule is CCOCCCn1c(COc2ccc(Cl)cc2Cl)nc2ccccc21. The van der Waals surface area contributed by atoms with Gasteiger partial charge >= 0.3 is 0 Å². The molecule has 0 atom stereocenters. The summed E-state index contributed by atoms with van der Waals surface area (Å²) in [6.07, 6.45) is 0.920. The van der Waals surface area contributed by atoms with Crippen molar-refractivity contribution >= 4 is 34.2 Å². The van der Waals surface area contributed by atoms with Crippen LogP contribution in [-0.4, -0.2) is 22.8 Å². The first-order chi connectivity index (χ1) is 12.2. The zero-order valence-electron chi connectivity index (χ0n) is 14.0. The van der Waals surface area contributed by atoms with Gasteiger partial charge in [-0.05, 0) is 43.7 Å². The molecule has 3 rings (SSSR count). The van der Waals surface area contributed by atoms with E-state index in [2.05, 4.69) is 10.6 Å². The summed E-state index contributed by atoms with van der Waals surface area (Å²) in [4.78, 5) is 4.70. The Labute approximate surface area is 157 Å². The minimum Gasteiger partial charge on any atom is -0.484 e. The van der Waals surface area contributed by atoms with Crippen molar-refractivity contribution in [2.75, 3.05) is 13.2 Å². The highest BCUT2D eigenvalue weighted by Crippen LogP contribution is 2.28. The lowest BCUT2D eigenvalue weighted by Crippen LogP contribution is -2.09. The summed E-state index contributed by atoms with van der Waals surface area (Å²) < 4.78 is 13.5. The van der Waals surface area contributed by atoms with E-state index in [1.54, 1.807) is 18.2 Å². The van der Waals surface area contributed by atoms with Crippen molar-refractivity contribution in [1.82, 2.24) is 9.55 Å². The van der Waals surface area contributed by atoms with E-state index in [0.717, 1.165) is 43.0 Å². The summed E-state index contributed by atoms with van der Waals surface area (Å²) in [7, 11) is 0. The van der Waals surface area contributed by atoms with Gasteiger partial charge in [-0.3, -0.25) is 0 Å². The van der Waals surface area contributed by atoms with Crippen molar-refractivity contribution in [3.63, 3.8) is 0 Å². The Kier molecular flexibility index (Phi) is 6.19. The van der Waals surface area contributed by atoms with E-state index >= 15 is 0 Å². The molecular weight excluding hydrogens is 359 g/mol. The van der Waals surface area contributed by atoms with Gasteiger partial charge in [0.15, 0.2) is 0 Å². The summed E-state index contributed by atoms with van der Waals surface area (Å²) in [6, 6.07) is 13.3. The van der Waals surface area contributed by atoms with Gasteiger partial charge in [-0.25, -0.2) is 4.98 Å². The molecule has 25 heavy (non-hydrogen) atoms. The molecule has 0 unspecified atom stereocenters. The maximum atomic E-state index is 6.18. The second kappa shape index (κ2) is 8.56. The van der Waals surface area contributed by atoms with Gasteiger partial charge in [-0.1, -0.05) is 35.3 Å². The van der Waals surface area contributed by atoms with Crippen molar-refractivity contribution in [1.29, 1.82) is 0 Å². The molecule has 3 aromatic rings. The molecule has 0 spiro atoms. The van der Waals surface area contributed by atoms with Crippen LogP contribution < -0.4 is 4.74 Å². The first kappa shape index (κ1) is 18.1. The molecule has 6 heteroatoms. The molecule has 0 N–H and O–H groups in total. The molecule has 0 aliphatic carbocycles. The number of aryl methyl sites for hydroxylation is 1. The molecule has 0 saturated heterocycles. The van der Waals surface area contributed by atoms with E-state index in [9.17, 15) is 0 Å². The number of hydrogen-bond acceptors (Lipinski definition) is 3. The highest BCUT2D eigenvalue weighted by Gasteiger charge is 2.12. The second-order valence-corrected chi connectivity index (χ2v) is 6.43. The molecule has 0 radical (unpaired) electrons. The molecule has 1 aromatic heterocycles. The topological polar surface area (TPSA) is 36.3 Å². The molecule has 0 aliphatic heterocycles. The predicted molar refractivity (Wildman–Crippen MR) is 102 cm³/mol. The molecule has 1 heterocycles. The van der Waals surface area contributed by atoms with E-state index in [1.807, 2.05) is 25.1 Å². The number of aromatic nitrogens is 2. The average molecular weight is 379 g/mol. The molecule has 4 nitrogen and oxygen atoms in total. The average Bonchev–Trinajstić information content (AvgIpc) is 2.96. The number of benzene rings is 2. The Balaban J connectivity index is 1.79. The van der Waals surface area contributed by atoms with Crippen LogP contribution in [0.3, 0.4) is 0 Å². The summed E-state index contributed by atoms with van der Waals surface area (Å²) in [5.41, 5.74) is 2.06. The standard InChI is InChI=1S/C19H20Cl2N2O2/c1-2-24-11-5-10-23-17-7-4-3-6-16(17)22-19(23)13-25-18-9-8-14(20)12-15(18)21/h3-4,6-9,12H,2,5,10-11,13H2,1H3. The molecule has 2 aromatic carbocycles. The third-order valence-corrected chi connectivity index (χ3v) is 4.39. The molecule has 0 amide bonds. The molecule has 132 valence electrons. The molecule has 0 saturated carbocycles. The molecule has 0 fully saturated rings. The fourth-order valence-electron chi connectivity index (χ4n) is 2.69. The summed E-state index contributed by atoms with van der Waals surface area (Å²) in [5.74, 6) is 1.46. The van der Waals surface area contributed by atoms with Crippen molar-refractivity contribution < 1.29 is 9.47 Å². The highest BCUT2D eigenvalue weighted by atomic mass is 35.5. The van der Waals surface area contributed by atoms with E-state index in [-0.39, 0.29) is 0 Å². The Bertz CT molecular complexity index is 849. The minimum atomic E-state index is 0.338. The van der Waals surface area contributed by atoms with Crippen LogP contribution in [0.1, 0.15) is 19.2 Å². The summed E-state index contributed by atoms with van der Waals surface area (Å²) >= 11 is 12.1. The van der Waals surface area contributed by atoms with Crippen molar-refractivity contribution in [2.45, 2.75) is 26.5 Å². The van der Waals surface area contributed by atoms with Gasteiger partial charge in [0.25, 0.3) is 0 Å². The van der Waals surface area contributed by atoms with E-state index in [4.69, 9.17) is 37.7 Å². The second-order valence-electron chi connectivity index (χ2n) is 5.58. The largest absolute Gasteiger partial charge is 0.484 e. The van der Waals surface area contributed by atoms with Gasteiger partial charge < -0.3 is 14.0 Å². The predicted octanol–water partition coefficient (Wildman–Crippen LogP) is 5.35. The van der Waals surface area contributed by atoms with Crippen LogP contribution in [0.2, 0.25) is 10.0 Å². The normalized spacial score (nSPS) is 11.2. The van der Waals surface area contributed by atoms with Gasteiger partial charge in [0.1, 0.15) is 18.2 Å². The van der Waals surface area contributed by atoms with Crippen molar-refractivity contribution in [3.05, 3.63) is 58.3 Å². The van der Waals surface area contributed by atoms with Crippen molar-refractivity contribution in [3.8, 4) is 5.75 Å². The Hall–Kier alpha value is -1.75. The zero-order chi connectivity index (χ0) is 17.6. The lowest BCUT2D eigenvalue weighted by molar-refractivity contribution is 0.141. The maximum Gasteiger partial charge on any atom is 0.148 e. The van der Waals surface area contributed by atoms with E-state index in [1.165, 1.54) is 0 Å². The fourth-order valence-corrected chi connectivity index (χ4v) is 3.15. The highest BCUT2D eigenvalue weighted by molar-refractivity contribution is 6.35. The van der Waals surface area contributed by atoms with Crippen LogP contribution in [-0.2, 0) is 17.9 Å². The van der Waals surface area contributed by atoms with Gasteiger partial charge in [0.2, 0.25) is 0 Å². The van der Waals surface area contributed by atoms with Crippen LogP contribution in [0.15, 0.2) is 42.5 Å². The van der Waals surface area contributed by atoms with E-state index in [0.29, 0.717) is 22.4 Å². The monoisotopic (exact) mass is 378 g/mol. The number of para-hydroxylation sites is 2. The van der Waals surface area contributed by atoms with Gasteiger partial charge in [0.05, 0.1) is 16.1 Å². The first-order valence-corrected chi connectivity index (χ1v) is 9.04. The lowest BCUT2D eigenvalue weighted by atomic mass is 10.3. The number of nitrogens with zero attached hydrogens (tertiary/aromatic N) is 2. The van der Waals surface area contributed by atoms with Gasteiger partial charge in [0, 0.05) is 24.8 Å². The van der Waals surface area contributed by atoms with Crippen LogP contribution in [0.25, 0.3) is 11.0 Å². The molecule has 0 aliphatic rings. The lowest BCUT2D eigenvalue weighted by Gasteiger charge is -2.11. The van der Waals surface area contributed by atoms with E-state index < -0.39 is 0 Å². The third kappa shape index (κ3) is 4.46. The van der Waals surface area contributed by atoms with Crippen LogP contribution in [0.5, 0.6) is 5.75 Å². The number of halogens is 2. The smallest absolute Gasteiger partial charge is 0.148 e. The number of fused-ring (bicyclic) bond motifs is 1. The molecule has 0 bridgehead atoms. The van der Waals surface area contributed by atoms with Gasteiger partial charge in [-0.15, -0.1) is 0 Å². The Morgan fingerprint density at radius 1 is 1.12 bits per heavy atom. The third-order valence-electron chi connectivity index (χ3n) is 3.86. The summed E-state index contributed by atoms with van der Waals surface area (Å²) in [6.45, 7) is 4.63. The Morgan fingerprint density at radius 2 is 1.96 bits per heavy atom. The van der Waals surface area contributed by atoms with Gasteiger partial charge in [-0.2, -0.15) is 0 Å². The van der Waals surface area contributed by atoms with Crippen LogP contribution >= 0.6 is 23.2 Å². The van der Waals surface area contributed by atoms with Crippen LogP contribution in [0, 0.1) is 0 Å². The number of imidazole rings is 1. The van der Waals surface area contributed by atoms with Crippen molar-refractivity contribution in [2.24, 2.45) is 0 Å². The van der Waals surface area contributed by atoms with Crippen LogP contribution in [0.4, 0.5) is 0 Å². The summed E-state index contributed by atoms with van der Waals surface area (Å²) in [5, 5.41) is 1.08. The number of hydrogen-bond donors (Lipinski definition) is 0. The first-order valence-electron chi connectivity index (χ1n) is 8.28. The quantitative estimate of drug-likeness (QED) is 0.495. The number of rotatable bonds is 8. The Morgan fingerprint density at radius 3 is 2.76 bits per heavy atom. The minimum absolute atomic E-state index is 0.338. The number of ether oxygens (including phenoxy) is 2. The fraction of sp³-hybridized carbons (Fsp3) is 0.316.